The van der Waals surface area contributed by atoms with Crippen LogP contribution in [-0.2, 0) is 11.5 Å². The van der Waals surface area contributed by atoms with Gasteiger partial charge in [-0.05, 0) is 50.0 Å². The Balaban J connectivity index is 1.41. The number of fused-ring (bicyclic) bond motifs is 1. The normalized spacial score (nSPS) is 19.8. The van der Waals surface area contributed by atoms with Crippen molar-refractivity contribution in [3.63, 3.8) is 0 Å². The molecule has 0 saturated carbocycles. The Morgan fingerprint density at radius 2 is 1.92 bits per heavy atom. The summed E-state index contributed by atoms with van der Waals surface area (Å²) in [7, 11) is 0. The van der Waals surface area contributed by atoms with Crippen LogP contribution in [0.5, 0.6) is 0 Å². The molecule has 0 bridgehead atoms. The molecular weight excluding hydrogens is 358 g/mol. The van der Waals surface area contributed by atoms with Crippen LogP contribution in [0.15, 0.2) is 22.6 Å². The van der Waals surface area contributed by atoms with Crippen molar-refractivity contribution >= 4 is 40.8 Å². The van der Waals surface area contributed by atoms with Crippen molar-refractivity contribution in [2.75, 3.05) is 26.2 Å². The fraction of sp³-hybridized carbons (Fsp3) is 0.556. The average Bonchev–Trinajstić information content (AvgIpc) is 3.24. The lowest BCUT2D eigenvalue weighted by atomic mass is 9.95. The van der Waals surface area contributed by atoms with Crippen LogP contribution < -0.4 is 0 Å². The van der Waals surface area contributed by atoms with E-state index in [0.29, 0.717) is 22.4 Å². The third kappa shape index (κ3) is 3.48. The van der Waals surface area contributed by atoms with Gasteiger partial charge < -0.3 is 9.32 Å². The van der Waals surface area contributed by atoms with Crippen LogP contribution in [0.25, 0.3) is 11.1 Å². The number of likely N-dealkylation sites (tertiary alicyclic amines) is 2. The Bertz CT molecular complexity index is 832. The monoisotopic (exact) mass is 379 g/mol. The van der Waals surface area contributed by atoms with Crippen LogP contribution in [0.4, 0.5) is 0 Å². The highest BCUT2D eigenvalue weighted by atomic mass is 35.5. The number of halogens is 1. The van der Waals surface area contributed by atoms with E-state index >= 15 is 0 Å². The van der Waals surface area contributed by atoms with Gasteiger partial charge in [0.25, 0.3) is 4.84 Å². The Hall–Kier alpha value is -1.37. The molecular formula is C18H22ClN3O2S. The lowest BCUT2D eigenvalue weighted by Gasteiger charge is -2.33. The molecule has 1 aromatic carbocycles. The zero-order valence-electron chi connectivity index (χ0n) is 14.1. The number of carbonyl (C=O) groups excluding carboxylic acids is 1. The third-order valence-electron chi connectivity index (χ3n) is 5.33. The Morgan fingerprint density at radius 3 is 2.64 bits per heavy atom. The van der Waals surface area contributed by atoms with E-state index in [1.807, 2.05) is 21.6 Å². The Kier molecular flexibility index (Phi) is 4.84. The molecule has 1 aromatic heterocycles. The summed E-state index contributed by atoms with van der Waals surface area (Å²) in [6, 6.07) is 5.59. The number of rotatable bonds is 3. The maximum absolute atomic E-state index is 12.5. The number of oxazole rings is 1. The minimum absolute atomic E-state index is 0.183. The first-order chi connectivity index (χ1) is 12.1. The van der Waals surface area contributed by atoms with E-state index in [1.54, 1.807) is 6.07 Å². The van der Waals surface area contributed by atoms with Crippen LogP contribution in [0, 0.1) is 10.8 Å². The van der Waals surface area contributed by atoms with Crippen LogP contribution >= 0.6 is 23.8 Å². The molecule has 4 rings (SSSR count). The van der Waals surface area contributed by atoms with Crippen LogP contribution in [-0.4, -0.2) is 46.5 Å². The first kappa shape index (κ1) is 17.1. The van der Waals surface area contributed by atoms with Crippen molar-refractivity contribution in [1.29, 1.82) is 0 Å². The number of benzene rings is 1. The van der Waals surface area contributed by atoms with E-state index in [-0.39, 0.29) is 5.92 Å². The summed E-state index contributed by atoms with van der Waals surface area (Å²) in [6.07, 6.45) is 4.15. The highest BCUT2D eigenvalue weighted by Gasteiger charge is 2.30. The average molecular weight is 380 g/mol. The highest BCUT2D eigenvalue weighted by Crippen LogP contribution is 2.25. The lowest BCUT2D eigenvalue weighted by Crippen LogP contribution is -2.42. The van der Waals surface area contributed by atoms with Gasteiger partial charge in [-0.2, -0.15) is 0 Å². The first-order valence-corrected chi connectivity index (χ1v) is 9.70. The Morgan fingerprint density at radius 1 is 1.20 bits per heavy atom. The van der Waals surface area contributed by atoms with E-state index in [4.69, 9.17) is 28.2 Å². The largest absolute Gasteiger partial charge is 0.429 e. The minimum Gasteiger partial charge on any atom is -0.429 e. The molecule has 7 heteroatoms. The molecule has 0 spiro atoms. The second-order valence-electron chi connectivity index (χ2n) is 6.97. The number of aromatic nitrogens is 1. The third-order valence-corrected chi connectivity index (χ3v) is 5.87. The van der Waals surface area contributed by atoms with Gasteiger partial charge in [0, 0.05) is 43.2 Å². The molecule has 1 amide bonds. The van der Waals surface area contributed by atoms with Crippen molar-refractivity contribution in [2.24, 2.45) is 5.92 Å². The van der Waals surface area contributed by atoms with Gasteiger partial charge in [-0.1, -0.05) is 11.6 Å². The van der Waals surface area contributed by atoms with Gasteiger partial charge in [-0.15, -0.1) is 0 Å². The number of hydrogen-bond donors (Lipinski definition) is 0. The second kappa shape index (κ2) is 7.09. The Labute approximate surface area is 157 Å². The quantitative estimate of drug-likeness (QED) is 0.758. The van der Waals surface area contributed by atoms with Crippen molar-refractivity contribution in [3.8, 4) is 0 Å². The standard InChI is InChI=1S/C18H22ClN3O2S/c19-14-3-4-15-16(11-14)24-18(25)22(15)12-20-9-5-13(6-10-20)17(23)21-7-1-2-8-21/h3-4,11,13H,1-2,5-10,12H2. The molecule has 0 radical (unpaired) electrons. The van der Waals surface area contributed by atoms with Crippen molar-refractivity contribution < 1.29 is 9.21 Å². The number of amides is 1. The number of nitrogens with zero attached hydrogens (tertiary/aromatic N) is 3. The molecule has 0 N–H and O–H groups in total. The zero-order valence-corrected chi connectivity index (χ0v) is 15.7. The molecule has 2 fully saturated rings. The molecule has 0 atom stereocenters. The smallest absolute Gasteiger partial charge is 0.270 e. The first-order valence-electron chi connectivity index (χ1n) is 8.92. The summed E-state index contributed by atoms with van der Waals surface area (Å²) in [5.41, 5.74) is 1.68. The summed E-state index contributed by atoms with van der Waals surface area (Å²) >= 11 is 11.4. The number of hydrogen-bond acceptors (Lipinski definition) is 4. The van der Waals surface area contributed by atoms with Gasteiger partial charge in [0.2, 0.25) is 5.91 Å². The van der Waals surface area contributed by atoms with Crippen molar-refractivity contribution in [2.45, 2.75) is 32.4 Å². The second-order valence-corrected chi connectivity index (χ2v) is 7.76. The fourth-order valence-corrected chi connectivity index (χ4v) is 4.30. The molecule has 2 aromatic rings. The molecule has 2 aliphatic rings. The van der Waals surface area contributed by atoms with Crippen LogP contribution in [0.1, 0.15) is 25.7 Å². The zero-order chi connectivity index (χ0) is 17.4. The molecule has 3 heterocycles. The van der Waals surface area contributed by atoms with E-state index in [9.17, 15) is 4.79 Å². The van der Waals surface area contributed by atoms with Gasteiger partial charge >= 0.3 is 0 Å². The highest BCUT2D eigenvalue weighted by molar-refractivity contribution is 7.71. The molecule has 0 unspecified atom stereocenters. The molecule has 2 saturated heterocycles. The molecule has 25 heavy (non-hydrogen) atoms. The van der Waals surface area contributed by atoms with Crippen LogP contribution in [0.3, 0.4) is 0 Å². The summed E-state index contributed by atoms with van der Waals surface area (Å²) in [5, 5.41) is 0.643. The maximum Gasteiger partial charge on any atom is 0.270 e. The van der Waals surface area contributed by atoms with Gasteiger partial charge in [-0.25, -0.2) is 0 Å². The maximum atomic E-state index is 12.5. The predicted octanol–water partition coefficient (Wildman–Crippen LogP) is 3.91. The lowest BCUT2D eigenvalue weighted by molar-refractivity contribution is -0.136. The summed E-state index contributed by atoms with van der Waals surface area (Å²) in [6.45, 7) is 4.40. The molecule has 134 valence electrons. The van der Waals surface area contributed by atoms with Gasteiger partial charge in [0.05, 0.1) is 12.2 Å². The fourth-order valence-electron chi connectivity index (χ4n) is 3.89. The number of piperidine rings is 1. The van der Waals surface area contributed by atoms with Crippen molar-refractivity contribution in [3.05, 3.63) is 28.1 Å². The topological polar surface area (TPSA) is 41.6 Å². The molecule has 2 aliphatic heterocycles. The van der Waals surface area contributed by atoms with E-state index < -0.39 is 0 Å². The van der Waals surface area contributed by atoms with E-state index in [0.717, 1.165) is 63.0 Å². The van der Waals surface area contributed by atoms with Gasteiger partial charge in [0.15, 0.2) is 5.58 Å². The molecule has 5 nitrogen and oxygen atoms in total. The molecule has 0 aliphatic carbocycles. The predicted molar refractivity (Wildman–Crippen MR) is 100 cm³/mol. The SMILES string of the molecule is O=C(C1CCN(Cn2c(=S)oc3cc(Cl)ccc32)CC1)N1CCCC1. The van der Waals surface area contributed by atoms with Crippen LogP contribution in [0.2, 0.25) is 5.02 Å². The summed E-state index contributed by atoms with van der Waals surface area (Å²) < 4.78 is 7.66. The van der Waals surface area contributed by atoms with Gasteiger partial charge in [-0.3, -0.25) is 14.3 Å². The van der Waals surface area contributed by atoms with Gasteiger partial charge in [0.1, 0.15) is 0 Å². The minimum atomic E-state index is 0.183. The van der Waals surface area contributed by atoms with E-state index in [2.05, 4.69) is 4.90 Å². The summed E-state index contributed by atoms with van der Waals surface area (Å²) in [4.78, 5) is 17.4. The van der Waals surface area contributed by atoms with E-state index in [1.165, 1.54) is 0 Å². The van der Waals surface area contributed by atoms with Crippen molar-refractivity contribution in [1.82, 2.24) is 14.4 Å². The summed E-state index contributed by atoms with van der Waals surface area (Å²) in [5.74, 6) is 0.541. The number of carbonyl (C=O) groups is 1.